The standard InChI is InChI=1S/C22H21F2N3O3/c1-12-4-15-10-30-11-16(15)7-19(12)25-22-26-21(28)20(29-3)9-27(22)8-14-5-17(23)13(2)18(24)6-14/h4-7,9H,8,10-11H2,1-3H3,(H,25,26,28). The van der Waals surface area contributed by atoms with Crippen LogP contribution in [0.1, 0.15) is 27.8 Å². The van der Waals surface area contributed by atoms with Crippen LogP contribution in [0.25, 0.3) is 0 Å². The molecule has 3 aromatic rings. The van der Waals surface area contributed by atoms with Crippen LogP contribution in [0.3, 0.4) is 0 Å². The van der Waals surface area contributed by atoms with Crippen molar-refractivity contribution in [1.82, 2.24) is 9.55 Å². The van der Waals surface area contributed by atoms with Gasteiger partial charge in [-0.15, -0.1) is 0 Å². The molecule has 0 unspecified atom stereocenters. The highest BCUT2D eigenvalue weighted by atomic mass is 19.1. The van der Waals surface area contributed by atoms with E-state index in [2.05, 4.69) is 10.3 Å². The minimum Gasteiger partial charge on any atom is -0.490 e. The summed E-state index contributed by atoms with van der Waals surface area (Å²) >= 11 is 0. The Kier molecular flexibility index (Phi) is 5.26. The van der Waals surface area contributed by atoms with Gasteiger partial charge in [-0.1, -0.05) is 6.07 Å². The maximum Gasteiger partial charge on any atom is 0.316 e. The largest absolute Gasteiger partial charge is 0.490 e. The summed E-state index contributed by atoms with van der Waals surface area (Å²) in [5.74, 6) is -0.985. The van der Waals surface area contributed by atoms with E-state index in [9.17, 15) is 13.6 Å². The van der Waals surface area contributed by atoms with Gasteiger partial charge in [0.1, 0.15) is 11.6 Å². The Balaban J connectivity index is 1.75. The molecular formula is C22H21F2N3O3. The molecule has 6 nitrogen and oxygen atoms in total. The van der Waals surface area contributed by atoms with E-state index in [0.717, 1.165) is 22.4 Å². The van der Waals surface area contributed by atoms with Gasteiger partial charge in [-0.25, -0.2) is 8.78 Å². The van der Waals surface area contributed by atoms with Gasteiger partial charge in [0.25, 0.3) is 0 Å². The second-order valence-corrected chi connectivity index (χ2v) is 7.30. The summed E-state index contributed by atoms with van der Waals surface area (Å²) in [4.78, 5) is 16.3. The fraction of sp³-hybridized carbons (Fsp3) is 0.273. The first-order chi connectivity index (χ1) is 14.4. The Labute approximate surface area is 172 Å². The SMILES string of the molecule is COc1cn(Cc2cc(F)c(C)c(F)c2)c(Nc2cc3c(cc2C)COC3)nc1=O. The van der Waals surface area contributed by atoms with E-state index in [0.29, 0.717) is 18.8 Å². The van der Waals surface area contributed by atoms with Crippen LogP contribution in [0, 0.1) is 25.5 Å². The van der Waals surface area contributed by atoms with Gasteiger partial charge in [0.05, 0.1) is 33.1 Å². The van der Waals surface area contributed by atoms with Gasteiger partial charge < -0.3 is 19.4 Å². The zero-order valence-electron chi connectivity index (χ0n) is 16.9. The van der Waals surface area contributed by atoms with Gasteiger partial charge in [0, 0.05) is 11.3 Å². The predicted molar refractivity (Wildman–Crippen MR) is 108 cm³/mol. The predicted octanol–water partition coefficient (Wildman–Crippen LogP) is 3.97. The van der Waals surface area contributed by atoms with Gasteiger partial charge in [-0.05, 0) is 54.3 Å². The molecule has 1 aliphatic rings. The Hall–Kier alpha value is -3.26. The highest BCUT2D eigenvalue weighted by molar-refractivity contribution is 5.61. The fourth-order valence-corrected chi connectivity index (χ4v) is 3.43. The van der Waals surface area contributed by atoms with Crippen LogP contribution in [0.5, 0.6) is 5.75 Å². The lowest BCUT2D eigenvalue weighted by Gasteiger charge is -2.17. The molecule has 8 heteroatoms. The van der Waals surface area contributed by atoms with E-state index < -0.39 is 17.2 Å². The second-order valence-electron chi connectivity index (χ2n) is 7.30. The lowest BCUT2D eigenvalue weighted by molar-refractivity contribution is 0.134. The summed E-state index contributed by atoms with van der Waals surface area (Å²) in [6.45, 7) is 4.51. The van der Waals surface area contributed by atoms with Crippen molar-refractivity contribution in [1.29, 1.82) is 0 Å². The summed E-state index contributed by atoms with van der Waals surface area (Å²) in [6, 6.07) is 6.53. The Bertz CT molecular complexity index is 1170. The average molecular weight is 413 g/mol. The van der Waals surface area contributed by atoms with Crippen molar-refractivity contribution in [3.8, 4) is 5.75 Å². The van der Waals surface area contributed by atoms with Gasteiger partial charge in [-0.3, -0.25) is 4.79 Å². The number of fused-ring (bicyclic) bond motifs is 1. The number of ether oxygens (including phenoxy) is 2. The van der Waals surface area contributed by atoms with Crippen molar-refractivity contribution >= 4 is 11.6 Å². The van der Waals surface area contributed by atoms with Crippen molar-refractivity contribution in [2.24, 2.45) is 0 Å². The molecular weight excluding hydrogens is 392 g/mol. The van der Waals surface area contributed by atoms with Crippen molar-refractivity contribution < 1.29 is 18.3 Å². The van der Waals surface area contributed by atoms with E-state index in [4.69, 9.17) is 9.47 Å². The van der Waals surface area contributed by atoms with Crippen molar-refractivity contribution in [2.75, 3.05) is 12.4 Å². The van der Waals surface area contributed by atoms with Gasteiger partial charge in [0.2, 0.25) is 11.7 Å². The van der Waals surface area contributed by atoms with Crippen molar-refractivity contribution in [3.63, 3.8) is 0 Å². The quantitative estimate of drug-likeness (QED) is 0.686. The summed E-state index contributed by atoms with van der Waals surface area (Å²) in [5.41, 5.74) is 3.74. The number of hydrogen-bond acceptors (Lipinski definition) is 5. The molecule has 0 spiro atoms. The second kappa shape index (κ2) is 7.87. The van der Waals surface area contributed by atoms with Gasteiger partial charge in [-0.2, -0.15) is 4.98 Å². The maximum atomic E-state index is 14.0. The number of anilines is 2. The lowest BCUT2D eigenvalue weighted by atomic mass is 10.1. The van der Waals surface area contributed by atoms with Gasteiger partial charge in [0.15, 0.2) is 0 Å². The molecule has 0 amide bonds. The van der Waals surface area contributed by atoms with Crippen LogP contribution in [-0.2, 0) is 24.5 Å². The number of aryl methyl sites for hydroxylation is 1. The fourth-order valence-electron chi connectivity index (χ4n) is 3.43. The molecule has 0 aliphatic carbocycles. The van der Waals surface area contributed by atoms with Crippen LogP contribution in [0.4, 0.5) is 20.4 Å². The van der Waals surface area contributed by atoms with Crippen molar-refractivity contribution in [2.45, 2.75) is 33.6 Å². The topological polar surface area (TPSA) is 65.4 Å². The average Bonchev–Trinajstić information content (AvgIpc) is 3.15. The number of methoxy groups -OCH3 is 1. The van der Waals surface area contributed by atoms with Gasteiger partial charge >= 0.3 is 5.56 Å². The monoisotopic (exact) mass is 413 g/mol. The van der Waals surface area contributed by atoms with E-state index in [1.54, 1.807) is 4.57 Å². The third-order valence-electron chi connectivity index (χ3n) is 5.19. The molecule has 0 fully saturated rings. The maximum absolute atomic E-state index is 14.0. The molecule has 30 heavy (non-hydrogen) atoms. The van der Waals surface area contributed by atoms with Crippen LogP contribution in [0.15, 0.2) is 35.3 Å². The van der Waals surface area contributed by atoms with Crippen LogP contribution in [0.2, 0.25) is 0 Å². The summed E-state index contributed by atoms with van der Waals surface area (Å²) in [5, 5.41) is 3.18. The Morgan fingerprint density at radius 1 is 1.13 bits per heavy atom. The number of nitrogens with one attached hydrogen (secondary N) is 1. The minimum absolute atomic E-state index is 0.0349. The molecule has 2 aromatic carbocycles. The lowest BCUT2D eigenvalue weighted by Crippen LogP contribution is -2.19. The first kappa shape index (κ1) is 20.0. The van der Waals surface area contributed by atoms with E-state index >= 15 is 0 Å². The zero-order chi connectivity index (χ0) is 21.4. The number of hydrogen-bond donors (Lipinski definition) is 1. The number of aromatic nitrogens is 2. The minimum atomic E-state index is -0.630. The molecule has 1 N–H and O–H groups in total. The molecule has 156 valence electrons. The molecule has 1 aromatic heterocycles. The third kappa shape index (κ3) is 3.78. The van der Waals surface area contributed by atoms with Crippen molar-refractivity contribution in [3.05, 3.63) is 80.3 Å². The molecule has 4 rings (SSSR count). The third-order valence-corrected chi connectivity index (χ3v) is 5.19. The number of halogens is 2. The summed E-state index contributed by atoms with van der Waals surface area (Å²) < 4.78 is 40.2. The smallest absolute Gasteiger partial charge is 0.316 e. The number of rotatable bonds is 5. The van der Waals surface area contributed by atoms with Crippen LogP contribution < -0.4 is 15.6 Å². The Morgan fingerprint density at radius 3 is 2.47 bits per heavy atom. The number of benzene rings is 2. The summed E-state index contributed by atoms with van der Waals surface area (Å²) in [7, 11) is 1.37. The molecule has 0 bridgehead atoms. The van der Waals surface area contributed by atoms with E-state index in [-0.39, 0.29) is 23.8 Å². The molecule has 0 saturated heterocycles. The molecule has 1 aliphatic heterocycles. The summed E-state index contributed by atoms with van der Waals surface area (Å²) in [6.07, 6.45) is 1.47. The molecule has 0 saturated carbocycles. The van der Waals surface area contributed by atoms with Crippen LogP contribution in [-0.4, -0.2) is 16.7 Å². The Morgan fingerprint density at radius 2 is 1.80 bits per heavy atom. The zero-order valence-corrected chi connectivity index (χ0v) is 16.9. The normalized spacial score (nSPS) is 12.7. The first-order valence-corrected chi connectivity index (χ1v) is 9.43. The van der Waals surface area contributed by atoms with E-state index in [1.165, 1.54) is 32.4 Å². The highest BCUT2D eigenvalue weighted by Crippen LogP contribution is 2.29. The number of nitrogens with zero attached hydrogens (tertiary/aromatic N) is 2. The molecule has 2 heterocycles. The van der Waals surface area contributed by atoms with E-state index in [1.807, 2.05) is 19.1 Å². The molecule has 0 radical (unpaired) electrons. The molecule has 0 atom stereocenters. The van der Waals surface area contributed by atoms with Crippen LogP contribution >= 0.6 is 0 Å². The first-order valence-electron chi connectivity index (χ1n) is 9.43. The highest BCUT2D eigenvalue weighted by Gasteiger charge is 2.16.